The summed E-state index contributed by atoms with van der Waals surface area (Å²) in [6, 6.07) is 0.266. The van der Waals surface area contributed by atoms with Gasteiger partial charge in [0.25, 0.3) is 0 Å². The molecule has 0 radical (unpaired) electrons. The topological polar surface area (TPSA) is 144 Å². The number of methoxy groups -OCH3 is 1. The van der Waals surface area contributed by atoms with Crippen LogP contribution in [-0.4, -0.2) is 99.4 Å². The number of nitrogen functional groups attached to an aromatic ring is 1. The number of hydrogen-bond donors (Lipinski definition) is 4. The van der Waals surface area contributed by atoms with E-state index in [0.29, 0.717) is 24.3 Å². The summed E-state index contributed by atoms with van der Waals surface area (Å²) in [4.78, 5) is 14.3. The lowest BCUT2D eigenvalue weighted by Crippen LogP contribution is -2.42. The Kier molecular flexibility index (Phi) is 6.75. The maximum atomic E-state index is 10.5. The molecule has 2 aromatic rings. The number of nitrogens with zero attached hydrogens (tertiary/aromatic N) is 5. The lowest BCUT2D eigenvalue weighted by molar-refractivity contribution is -0.0421. The van der Waals surface area contributed by atoms with Gasteiger partial charge in [0.1, 0.15) is 30.2 Å². The zero-order valence-corrected chi connectivity index (χ0v) is 16.4. The third-order valence-electron chi connectivity index (χ3n) is 4.89. The van der Waals surface area contributed by atoms with Gasteiger partial charge in [-0.05, 0) is 14.0 Å². The molecule has 3 heterocycles. The quantitative estimate of drug-likeness (QED) is 0.399. The van der Waals surface area contributed by atoms with E-state index in [9.17, 15) is 10.2 Å². The van der Waals surface area contributed by atoms with Crippen molar-refractivity contribution in [1.29, 1.82) is 0 Å². The molecule has 0 aliphatic carbocycles. The summed E-state index contributed by atoms with van der Waals surface area (Å²) in [5, 5.41) is 24.3. The van der Waals surface area contributed by atoms with Gasteiger partial charge in [0.05, 0.1) is 12.9 Å². The van der Waals surface area contributed by atoms with Crippen LogP contribution in [0.5, 0.6) is 0 Å². The standard InChI is InChI=1S/C17H29N7O4/c1-10(7-27-3)19-4-5-23(2)6-11-13(25)14(26)17(28-11)24-9-22-12-15(18)20-8-21-16(12)24/h8-11,13-14,17,19,25-26H,4-7H2,1-3H3,(H2,18,20,21)/t10?,11-,13-,14-,17-/m1/s1. The number of likely N-dealkylation sites (N-methyl/N-ethyl adjacent to an activating group) is 1. The van der Waals surface area contributed by atoms with Crippen molar-refractivity contribution >= 4 is 17.0 Å². The molecule has 1 aliphatic rings. The highest BCUT2D eigenvalue weighted by Gasteiger charge is 2.44. The normalized spacial score (nSPS) is 26.4. The average molecular weight is 395 g/mol. The number of nitrogens with two attached hydrogens (primary N) is 1. The minimum absolute atomic E-state index is 0.253. The smallest absolute Gasteiger partial charge is 0.167 e. The van der Waals surface area contributed by atoms with Crippen LogP contribution in [0.2, 0.25) is 0 Å². The van der Waals surface area contributed by atoms with Gasteiger partial charge >= 0.3 is 0 Å². The first-order valence-corrected chi connectivity index (χ1v) is 9.27. The Morgan fingerprint density at radius 2 is 2.14 bits per heavy atom. The van der Waals surface area contributed by atoms with Crippen LogP contribution in [0.4, 0.5) is 5.82 Å². The number of hydrogen-bond acceptors (Lipinski definition) is 10. The van der Waals surface area contributed by atoms with Gasteiger partial charge < -0.3 is 35.6 Å². The molecule has 5 N–H and O–H groups in total. The molecule has 3 rings (SSSR count). The van der Waals surface area contributed by atoms with Crippen LogP contribution < -0.4 is 11.1 Å². The minimum atomic E-state index is -1.10. The van der Waals surface area contributed by atoms with Crippen molar-refractivity contribution in [2.75, 3.05) is 46.1 Å². The Hall–Kier alpha value is -1.89. The lowest BCUT2D eigenvalue weighted by Gasteiger charge is -2.23. The fourth-order valence-electron chi connectivity index (χ4n) is 3.38. The number of aliphatic hydroxyl groups excluding tert-OH is 2. The summed E-state index contributed by atoms with van der Waals surface area (Å²) in [7, 11) is 3.62. The van der Waals surface area contributed by atoms with Gasteiger partial charge in [-0.1, -0.05) is 0 Å². The fourth-order valence-corrected chi connectivity index (χ4v) is 3.38. The van der Waals surface area contributed by atoms with Gasteiger partial charge in [-0.25, -0.2) is 15.0 Å². The molecule has 11 heteroatoms. The molecule has 5 atom stereocenters. The Morgan fingerprint density at radius 3 is 2.89 bits per heavy atom. The fraction of sp³-hybridized carbons (Fsp3) is 0.706. The molecular formula is C17H29N7O4. The molecule has 0 aromatic carbocycles. The molecule has 156 valence electrons. The van der Waals surface area contributed by atoms with Crippen LogP contribution in [0.1, 0.15) is 13.2 Å². The van der Waals surface area contributed by atoms with Gasteiger partial charge in [0.15, 0.2) is 17.7 Å². The van der Waals surface area contributed by atoms with Crippen molar-refractivity contribution in [2.24, 2.45) is 0 Å². The van der Waals surface area contributed by atoms with Crippen molar-refractivity contribution in [3.8, 4) is 0 Å². The van der Waals surface area contributed by atoms with Gasteiger partial charge in [-0.15, -0.1) is 0 Å². The first-order chi connectivity index (χ1) is 13.4. The van der Waals surface area contributed by atoms with Gasteiger partial charge in [-0.3, -0.25) is 4.57 Å². The molecule has 2 aromatic heterocycles. The van der Waals surface area contributed by atoms with Gasteiger partial charge in [0.2, 0.25) is 0 Å². The van der Waals surface area contributed by atoms with E-state index in [1.807, 2.05) is 11.9 Å². The van der Waals surface area contributed by atoms with Crippen molar-refractivity contribution in [3.05, 3.63) is 12.7 Å². The van der Waals surface area contributed by atoms with Gasteiger partial charge in [0, 0.05) is 32.8 Å². The molecule has 0 amide bonds. The number of aliphatic hydroxyl groups is 2. The second-order valence-corrected chi connectivity index (χ2v) is 7.20. The second-order valence-electron chi connectivity index (χ2n) is 7.20. The average Bonchev–Trinajstić information content (AvgIpc) is 3.19. The number of fused-ring (bicyclic) bond motifs is 1. The number of rotatable bonds is 9. The van der Waals surface area contributed by atoms with E-state index in [1.54, 1.807) is 11.7 Å². The summed E-state index contributed by atoms with van der Waals surface area (Å²) in [6.45, 7) is 4.71. The van der Waals surface area contributed by atoms with Crippen molar-refractivity contribution in [3.63, 3.8) is 0 Å². The van der Waals surface area contributed by atoms with Crippen molar-refractivity contribution in [2.45, 2.75) is 37.5 Å². The van der Waals surface area contributed by atoms with Gasteiger partial charge in [-0.2, -0.15) is 0 Å². The first kappa shape index (κ1) is 20.8. The maximum Gasteiger partial charge on any atom is 0.167 e. The molecule has 0 spiro atoms. The molecule has 11 nitrogen and oxygen atoms in total. The zero-order valence-electron chi connectivity index (χ0n) is 16.4. The highest BCUT2D eigenvalue weighted by atomic mass is 16.6. The Bertz CT molecular complexity index is 773. The SMILES string of the molecule is COCC(C)NCCN(C)C[C@H]1O[C@@H](n2cnc3c(N)ncnc32)[C@H](O)[C@@H]1O. The summed E-state index contributed by atoms with van der Waals surface area (Å²) < 4.78 is 12.6. The number of ether oxygens (including phenoxy) is 2. The molecule has 1 unspecified atom stereocenters. The van der Waals surface area contributed by atoms with E-state index >= 15 is 0 Å². The van der Waals surface area contributed by atoms with Crippen LogP contribution in [0.3, 0.4) is 0 Å². The summed E-state index contributed by atoms with van der Waals surface area (Å²) in [6.07, 6.45) is -0.651. The molecule has 1 aliphatic heterocycles. The predicted molar refractivity (Wildman–Crippen MR) is 102 cm³/mol. The Labute approximate surface area is 163 Å². The van der Waals surface area contributed by atoms with Crippen molar-refractivity contribution < 1.29 is 19.7 Å². The summed E-state index contributed by atoms with van der Waals surface area (Å²) >= 11 is 0. The highest BCUT2D eigenvalue weighted by Crippen LogP contribution is 2.32. The summed E-state index contributed by atoms with van der Waals surface area (Å²) in [5.74, 6) is 0.253. The Balaban J connectivity index is 1.60. The van der Waals surface area contributed by atoms with Crippen LogP contribution in [0.15, 0.2) is 12.7 Å². The van der Waals surface area contributed by atoms with Crippen LogP contribution >= 0.6 is 0 Å². The second kappa shape index (κ2) is 9.07. The van der Waals surface area contributed by atoms with E-state index in [1.165, 1.54) is 12.7 Å². The zero-order chi connectivity index (χ0) is 20.3. The molecule has 28 heavy (non-hydrogen) atoms. The highest BCUT2D eigenvalue weighted by molar-refractivity contribution is 5.81. The monoisotopic (exact) mass is 395 g/mol. The van der Waals surface area contributed by atoms with Crippen LogP contribution in [-0.2, 0) is 9.47 Å². The number of nitrogens with one attached hydrogen (secondary N) is 1. The number of imidazole rings is 1. The Morgan fingerprint density at radius 1 is 1.36 bits per heavy atom. The molecule has 1 saturated heterocycles. The third kappa shape index (κ3) is 4.40. The maximum absolute atomic E-state index is 10.5. The number of aromatic nitrogens is 4. The van der Waals surface area contributed by atoms with Crippen LogP contribution in [0.25, 0.3) is 11.2 Å². The molecule has 0 bridgehead atoms. The minimum Gasteiger partial charge on any atom is -0.387 e. The first-order valence-electron chi connectivity index (χ1n) is 9.27. The van der Waals surface area contributed by atoms with Crippen molar-refractivity contribution in [1.82, 2.24) is 29.7 Å². The van der Waals surface area contributed by atoms with E-state index in [4.69, 9.17) is 15.2 Å². The predicted octanol–water partition coefficient (Wildman–Crippen LogP) is -1.42. The van der Waals surface area contributed by atoms with E-state index in [0.717, 1.165) is 13.1 Å². The molecule has 1 fully saturated rings. The summed E-state index contributed by atoms with van der Waals surface area (Å²) in [5.41, 5.74) is 6.70. The third-order valence-corrected chi connectivity index (χ3v) is 4.89. The molecule has 0 saturated carbocycles. The van der Waals surface area contributed by atoms with E-state index in [2.05, 4.69) is 27.2 Å². The lowest BCUT2D eigenvalue weighted by atomic mass is 10.1. The number of anilines is 1. The molecular weight excluding hydrogens is 366 g/mol. The van der Waals surface area contributed by atoms with Crippen LogP contribution in [0, 0.1) is 0 Å². The van der Waals surface area contributed by atoms with E-state index in [-0.39, 0.29) is 11.9 Å². The largest absolute Gasteiger partial charge is 0.387 e. The van der Waals surface area contributed by atoms with E-state index < -0.39 is 24.5 Å².